The maximum atomic E-state index is 9.33. The quantitative estimate of drug-likeness (QED) is 0.449. The van der Waals surface area contributed by atoms with Gasteiger partial charge in [-0.05, 0) is 0 Å². The van der Waals surface area contributed by atoms with Gasteiger partial charge in [0.2, 0.25) is 0 Å². The molecule has 0 aliphatic heterocycles. The van der Waals surface area contributed by atoms with Crippen LogP contribution in [0.2, 0.25) is 0 Å². The Balaban J connectivity index is 3.82. The van der Waals surface area contributed by atoms with Crippen LogP contribution >= 0.6 is 0 Å². The van der Waals surface area contributed by atoms with Crippen molar-refractivity contribution in [1.29, 1.82) is 0 Å². The summed E-state index contributed by atoms with van der Waals surface area (Å²) in [4.78, 5) is 18.7. The number of hydrogen-bond donors (Lipinski definition) is 2. The van der Waals surface area contributed by atoms with E-state index in [1.165, 1.54) is 0 Å². The summed E-state index contributed by atoms with van der Waals surface area (Å²) in [5.41, 5.74) is 0. The zero-order valence-electron chi connectivity index (χ0n) is 3.18. The molecule has 0 bridgehead atoms. The van der Waals surface area contributed by atoms with Crippen LogP contribution in [-0.4, -0.2) is 0 Å². The van der Waals surface area contributed by atoms with Crippen molar-refractivity contribution in [3.05, 3.63) is 9.81 Å². The van der Waals surface area contributed by atoms with Crippen LogP contribution in [0.5, 0.6) is 0 Å². The Bertz CT molecular complexity index is 77.7. The Kier molecular flexibility index (Phi) is 2.12. The first-order valence-corrected chi connectivity index (χ1v) is 4.20. The zero-order chi connectivity index (χ0) is 5.91. The average molecular weight is 198 g/mol. The third-order valence-corrected chi connectivity index (χ3v) is 1.09. The van der Waals surface area contributed by atoms with E-state index in [1.807, 2.05) is 0 Å². The first kappa shape index (κ1) is 6.78. The summed E-state index contributed by atoms with van der Waals surface area (Å²) < 4.78 is 13.6. The molecular weight excluding hydrogens is 194 g/mol. The topological polar surface area (TPSA) is 111 Å². The monoisotopic (exact) mass is 198 g/mol. The van der Waals surface area contributed by atoms with Crippen molar-refractivity contribution in [1.82, 2.24) is 0 Å². The summed E-state index contributed by atoms with van der Waals surface area (Å²) in [5, 5.41) is 0. The Labute approximate surface area is 43.4 Å². The zero-order valence-corrected chi connectivity index (χ0v) is 4.74. The summed E-state index contributed by atoms with van der Waals surface area (Å²) in [6.45, 7) is 0. The van der Waals surface area contributed by atoms with Gasteiger partial charge >= 0.3 is 42.7 Å². The van der Waals surface area contributed by atoms with Crippen molar-refractivity contribution in [2.75, 3.05) is 0 Å². The number of nitrogens with zero attached hydrogens (tertiary/aromatic N) is 2. The third kappa shape index (κ3) is 2.47. The van der Waals surface area contributed by atoms with E-state index in [9.17, 15) is 9.81 Å². The van der Waals surface area contributed by atoms with E-state index >= 15 is 0 Å². The summed E-state index contributed by atoms with van der Waals surface area (Å²) in [5.74, 6) is 0. The minimum atomic E-state index is -3.61. The van der Waals surface area contributed by atoms with Crippen LogP contribution in [0, 0.1) is 9.81 Å². The molecule has 0 aromatic heterocycles. The van der Waals surface area contributed by atoms with Crippen LogP contribution in [0.15, 0.2) is 7.62 Å². The molecule has 0 aromatic carbocycles. The second-order valence-electron chi connectivity index (χ2n) is 0.611. The molecular formula is H4N4O2Pd. The van der Waals surface area contributed by atoms with Gasteiger partial charge in [0.25, 0.3) is 0 Å². The van der Waals surface area contributed by atoms with Crippen LogP contribution in [0.1, 0.15) is 0 Å². The number of hydrogen-bond acceptors (Lipinski definition) is 6. The summed E-state index contributed by atoms with van der Waals surface area (Å²) in [6.07, 6.45) is 0. The van der Waals surface area contributed by atoms with Crippen LogP contribution in [-0.2, 0) is 16.5 Å². The molecule has 0 amide bonds. The molecule has 0 aromatic rings. The van der Waals surface area contributed by atoms with Gasteiger partial charge in [-0.1, -0.05) is 0 Å². The van der Waals surface area contributed by atoms with Gasteiger partial charge in [-0.15, -0.1) is 0 Å². The van der Waals surface area contributed by atoms with Gasteiger partial charge < -0.3 is 0 Å². The minimum absolute atomic E-state index is 2.12. The fourth-order valence-corrected chi connectivity index (χ4v) is 0.0624. The van der Waals surface area contributed by atoms with E-state index in [4.69, 9.17) is 0 Å². The van der Waals surface area contributed by atoms with Crippen molar-refractivity contribution < 1.29 is 16.5 Å². The molecule has 0 rings (SSSR count). The standard InChI is InChI=1S/2NO.2H2N.Pd/c2*1-2;;;/h;;2*1H2;/q4*-1;+4. The molecule has 0 fully saturated rings. The Morgan fingerprint density at radius 2 is 1.43 bits per heavy atom. The van der Waals surface area contributed by atoms with Crippen molar-refractivity contribution in [2.45, 2.75) is 0 Å². The Morgan fingerprint density at radius 1 is 1.14 bits per heavy atom. The summed E-state index contributed by atoms with van der Waals surface area (Å²) in [7, 11) is 0. The van der Waals surface area contributed by atoms with Gasteiger partial charge in [-0.25, -0.2) is 0 Å². The first-order chi connectivity index (χ1) is 3.12. The van der Waals surface area contributed by atoms with E-state index in [-0.39, 0.29) is 0 Å². The molecule has 0 saturated carbocycles. The first-order valence-electron chi connectivity index (χ1n) is 1.01. The molecule has 6 nitrogen and oxygen atoms in total. The Morgan fingerprint density at radius 3 is 1.43 bits per heavy atom. The predicted octanol–water partition coefficient (Wildman–Crippen LogP) is -0.749. The summed E-state index contributed by atoms with van der Waals surface area (Å²) >= 11 is -3.61. The molecule has 46 valence electrons. The summed E-state index contributed by atoms with van der Waals surface area (Å²) in [6, 6.07) is 0. The van der Waals surface area contributed by atoms with Gasteiger partial charge in [0.1, 0.15) is 0 Å². The molecule has 4 N–H and O–H groups in total. The van der Waals surface area contributed by atoms with E-state index < -0.39 is 16.5 Å². The molecule has 0 heterocycles. The van der Waals surface area contributed by atoms with Gasteiger partial charge in [-0.2, -0.15) is 0 Å². The van der Waals surface area contributed by atoms with Crippen LogP contribution in [0.25, 0.3) is 0 Å². The molecule has 0 spiro atoms. The molecule has 0 atom stereocenters. The normalized spacial score (nSPS) is 12.9. The van der Waals surface area contributed by atoms with E-state index in [0.717, 1.165) is 0 Å². The Hall–Kier alpha value is -0.218. The fraction of sp³-hybridized carbons (Fsp3) is 0. The molecule has 7 heteroatoms. The molecule has 0 aliphatic carbocycles. The van der Waals surface area contributed by atoms with Crippen molar-refractivity contribution in [3.63, 3.8) is 0 Å². The van der Waals surface area contributed by atoms with Gasteiger partial charge in [-0.3, -0.25) is 0 Å². The number of rotatable bonds is 2. The SMILES string of the molecule is [NH2][Pd]([NH2])([N]=O)[N]=O. The van der Waals surface area contributed by atoms with E-state index in [2.05, 4.69) is 16.4 Å². The van der Waals surface area contributed by atoms with Crippen LogP contribution < -0.4 is 8.73 Å². The van der Waals surface area contributed by atoms with Crippen molar-refractivity contribution in [2.24, 2.45) is 16.4 Å². The number of nitrogens with two attached hydrogens (primary N) is 2. The molecule has 7 heavy (non-hydrogen) atoms. The van der Waals surface area contributed by atoms with Gasteiger partial charge in [0, 0.05) is 0 Å². The second-order valence-corrected chi connectivity index (χ2v) is 3.61. The molecule has 0 radical (unpaired) electrons. The number of nitroso groups, excluding NO2 is 2. The molecule has 0 aliphatic rings. The van der Waals surface area contributed by atoms with Crippen molar-refractivity contribution in [3.8, 4) is 0 Å². The van der Waals surface area contributed by atoms with E-state index in [0.29, 0.717) is 0 Å². The van der Waals surface area contributed by atoms with Gasteiger partial charge in [0.05, 0.1) is 0 Å². The molecule has 0 unspecified atom stereocenters. The molecule has 0 saturated heterocycles. The van der Waals surface area contributed by atoms with Gasteiger partial charge in [0.15, 0.2) is 0 Å². The predicted molar refractivity (Wildman–Crippen MR) is 20.0 cm³/mol. The van der Waals surface area contributed by atoms with Crippen molar-refractivity contribution >= 4 is 0 Å². The third-order valence-electron chi connectivity index (χ3n) is 0.185. The maximum absolute atomic E-state index is 9.33. The van der Waals surface area contributed by atoms with Crippen LogP contribution in [0.3, 0.4) is 0 Å². The average Bonchev–Trinajstić information content (AvgIpc) is 1.68. The second kappa shape index (κ2) is 2.18. The fourth-order valence-electron chi connectivity index (χ4n) is 0.0105. The van der Waals surface area contributed by atoms with Crippen LogP contribution in [0.4, 0.5) is 0 Å². The van der Waals surface area contributed by atoms with E-state index in [1.54, 1.807) is 0 Å².